The van der Waals surface area contributed by atoms with Gasteiger partial charge in [-0.05, 0) is 30.1 Å². The minimum absolute atomic E-state index is 0.273. The molecule has 26 heavy (non-hydrogen) atoms. The van der Waals surface area contributed by atoms with Crippen molar-refractivity contribution < 1.29 is 13.2 Å². The molecule has 0 saturated carbocycles. The van der Waals surface area contributed by atoms with Crippen molar-refractivity contribution in [1.82, 2.24) is 14.6 Å². The summed E-state index contributed by atoms with van der Waals surface area (Å²) in [5.41, 5.74) is 2.65. The highest BCUT2D eigenvalue weighted by Gasteiger charge is 2.16. The lowest BCUT2D eigenvalue weighted by Crippen LogP contribution is -2.12. The van der Waals surface area contributed by atoms with Gasteiger partial charge in [0.05, 0.1) is 17.6 Å². The molecule has 0 fully saturated rings. The first-order chi connectivity index (χ1) is 12.4. The van der Waals surface area contributed by atoms with Crippen LogP contribution < -0.4 is 10.0 Å². The summed E-state index contributed by atoms with van der Waals surface area (Å²) in [7, 11) is -3.31. The van der Waals surface area contributed by atoms with E-state index in [0.29, 0.717) is 33.5 Å². The quantitative estimate of drug-likeness (QED) is 0.647. The molecule has 0 aliphatic rings. The van der Waals surface area contributed by atoms with Crippen molar-refractivity contribution in [2.75, 3.05) is 16.3 Å². The maximum absolute atomic E-state index is 12.3. The molecule has 0 spiro atoms. The van der Waals surface area contributed by atoms with Crippen molar-refractivity contribution in [2.24, 2.45) is 0 Å². The fourth-order valence-electron chi connectivity index (χ4n) is 2.15. The van der Waals surface area contributed by atoms with E-state index in [0.717, 1.165) is 23.4 Å². The number of nitrogens with zero attached hydrogens (tertiary/aromatic N) is 3. The van der Waals surface area contributed by atoms with Crippen LogP contribution in [0.25, 0.3) is 11.3 Å². The van der Waals surface area contributed by atoms with Crippen LogP contribution in [0.1, 0.15) is 22.3 Å². The number of thiazole rings is 1. The Kier molecular flexibility index (Phi) is 5.30. The fraction of sp³-hybridized carbons (Fsp3) is 0.200. The predicted octanol–water partition coefficient (Wildman–Crippen LogP) is 2.85. The average molecular weight is 410 g/mol. The molecule has 3 aromatic rings. The van der Waals surface area contributed by atoms with Crippen molar-refractivity contribution in [3.63, 3.8) is 0 Å². The molecule has 0 bridgehead atoms. The zero-order valence-electron chi connectivity index (χ0n) is 13.9. The number of carbonyl (C=O) groups is 1. The number of sulfonamides is 1. The Morgan fingerprint density at radius 3 is 2.62 bits per heavy atom. The van der Waals surface area contributed by atoms with E-state index in [1.807, 2.05) is 12.3 Å². The zero-order chi connectivity index (χ0) is 18.7. The first kappa shape index (κ1) is 18.4. The van der Waals surface area contributed by atoms with Crippen LogP contribution in [0.2, 0.25) is 0 Å². The molecule has 0 radical (unpaired) electrons. The van der Waals surface area contributed by atoms with E-state index in [-0.39, 0.29) is 5.91 Å². The first-order valence-corrected chi connectivity index (χ1v) is 11.1. The van der Waals surface area contributed by atoms with Gasteiger partial charge < -0.3 is 0 Å². The van der Waals surface area contributed by atoms with Gasteiger partial charge in [-0.3, -0.25) is 14.8 Å². The van der Waals surface area contributed by atoms with Gasteiger partial charge in [-0.2, -0.15) is 0 Å². The monoisotopic (exact) mass is 409 g/mol. The smallest absolute Gasteiger partial charge is 0.271 e. The summed E-state index contributed by atoms with van der Waals surface area (Å²) in [5, 5.41) is 8.98. The maximum Gasteiger partial charge on any atom is 0.271 e. The van der Waals surface area contributed by atoms with Crippen molar-refractivity contribution >= 4 is 49.6 Å². The highest BCUT2D eigenvalue weighted by atomic mass is 32.2. The van der Waals surface area contributed by atoms with Gasteiger partial charge in [0.1, 0.15) is 4.88 Å². The summed E-state index contributed by atoms with van der Waals surface area (Å²) in [6.45, 7) is 1.91. The Morgan fingerprint density at radius 1 is 1.23 bits per heavy atom. The summed E-state index contributed by atoms with van der Waals surface area (Å²) in [6.07, 6.45) is 1.73. The largest absolute Gasteiger partial charge is 0.297 e. The minimum atomic E-state index is -3.31. The van der Waals surface area contributed by atoms with Gasteiger partial charge in [0.2, 0.25) is 10.0 Å². The molecule has 11 heteroatoms. The Hall–Kier alpha value is -2.37. The van der Waals surface area contributed by atoms with E-state index in [1.54, 1.807) is 24.3 Å². The van der Waals surface area contributed by atoms with Crippen LogP contribution in [0.15, 0.2) is 29.6 Å². The van der Waals surface area contributed by atoms with Gasteiger partial charge in [-0.1, -0.05) is 23.5 Å². The molecule has 8 nitrogen and oxygen atoms in total. The number of nitrogens with one attached hydrogen (secondary N) is 2. The minimum Gasteiger partial charge on any atom is -0.297 e. The summed E-state index contributed by atoms with van der Waals surface area (Å²) in [6, 6.07) is 6.84. The molecule has 0 saturated heterocycles. The lowest BCUT2D eigenvalue weighted by Gasteiger charge is -2.04. The van der Waals surface area contributed by atoms with Crippen LogP contribution in [-0.2, 0) is 16.4 Å². The summed E-state index contributed by atoms with van der Waals surface area (Å²) in [4.78, 5) is 17.2. The second-order valence-corrected chi connectivity index (χ2v) is 8.71. The van der Waals surface area contributed by atoms with Crippen LogP contribution >= 0.6 is 22.9 Å². The second-order valence-electron chi connectivity index (χ2n) is 5.35. The number of carbonyl (C=O) groups excluding carboxylic acids is 1. The zero-order valence-corrected chi connectivity index (χ0v) is 16.3. The molecule has 0 unspecified atom stereocenters. The Morgan fingerprint density at radius 2 is 1.96 bits per heavy atom. The number of hydrogen-bond donors (Lipinski definition) is 2. The van der Waals surface area contributed by atoms with Gasteiger partial charge in [0.15, 0.2) is 5.13 Å². The van der Waals surface area contributed by atoms with Crippen LogP contribution in [0.4, 0.5) is 10.8 Å². The molecule has 2 aromatic heterocycles. The Balaban J connectivity index is 1.72. The van der Waals surface area contributed by atoms with E-state index in [9.17, 15) is 13.2 Å². The van der Waals surface area contributed by atoms with Gasteiger partial charge in [0, 0.05) is 16.6 Å². The first-order valence-electron chi connectivity index (χ1n) is 7.52. The summed E-state index contributed by atoms with van der Waals surface area (Å²) < 4.78 is 28.7. The SMILES string of the molecule is CCc1nnsc1C(=O)Nc1nc(-c2ccc(NS(C)(=O)=O)cc2)cs1. The number of hydrogen-bond acceptors (Lipinski definition) is 8. The third-order valence-electron chi connectivity index (χ3n) is 3.31. The second kappa shape index (κ2) is 7.48. The van der Waals surface area contributed by atoms with Crippen molar-refractivity contribution in [3.8, 4) is 11.3 Å². The van der Waals surface area contributed by atoms with E-state index in [4.69, 9.17) is 0 Å². The van der Waals surface area contributed by atoms with Crippen molar-refractivity contribution in [2.45, 2.75) is 13.3 Å². The van der Waals surface area contributed by atoms with E-state index in [2.05, 4.69) is 24.6 Å². The Labute approximate surface area is 158 Å². The highest BCUT2D eigenvalue weighted by Crippen LogP contribution is 2.27. The molecule has 3 rings (SSSR count). The molecular formula is C15H15N5O3S3. The summed E-state index contributed by atoms with van der Waals surface area (Å²) >= 11 is 2.37. The normalized spacial score (nSPS) is 11.3. The van der Waals surface area contributed by atoms with Crippen molar-refractivity contribution in [1.29, 1.82) is 0 Å². The summed E-state index contributed by atoms with van der Waals surface area (Å²) in [5.74, 6) is -0.273. The average Bonchev–Trinajstić information content (AvgIpc) is 3.23. The molecule has 136 valence electrons. The molecule has 0 aliphatic carbocycles. The third kappa shape index (κ3) is 4.42. The topological polar surface area (TPSA) is 114 Å². The Bertz CT molecular complexity index is 1020. The fourth-order valence-corrected chi connectivity index (χ4v) is 4.08. The number of anilines is 2. The number of aryl methyl sites for hydroxylation is 1. The molecular weight excluding hydrogens is 394 g/mol. The van der Waals surface area contributed by atoms with E-state index >= 15 is 0 Å². The van der Waals surface area contributed by atoms with Crippen LogP contribution in [0, 0.1) is 0 Å². The maximum atomic E-state index is 12.3. The van der Waals surface area contributed by atoms with Crippen LogP contribution in [-0.4, -0.2) is 35.2 Å². The third-order valence-corrected chi connectivity index (χ3v) is 5.44. The van der Waals surface area contributed by atoms with Crippen LogP contribution in [0.5, 0.6) is 0 Å². The molecule has 0 aliphatic heterocycles. The number of aromatic nitrogens is 3. The molecule has 2 N–H and O–H groups in total. The van der Waals surface area contributed by atoms with E-state index in [1.165, 1.54) is 11.3 Å². The molecule has 1 aromatic carbocycles. The highest BCUT2D eigenvalue weighted by molar-refractivity contribution is 7.92. The number of benzene rings is 1. The lowest BCUT2D eigenvalue weighted by atomic mass is 10.1. The van der Waals surface area contributed by atoms with Gasteiger partial charge in [-0.15, -0.1) is 16.4 Å². The van der Waals surface area contributed by atoms with Gasteiger partial charge >= 0.3 is 0 Å². The van der Waals surface area contributed by atoms with E-state index < -0.39 is 10.0 Å². The predicted molar refractivity (Wildman–Crippen MR) is 103 cm³/mol. The lowest BCUT2D eigenvalue weighted by molar-refractivity contribution is 0.102. The van der Waals surface area contributed by atoms with Gasteiger partial charge in [-0.25, -0.2) is 13.4 Å². The number of amides is 1. The molecule has 1 amide bonds. The molecule has 2 heterocycles. The standard InChI is InChI=1S/C15H15N5O3S3/c1-3-11-13(25-20-18-11)14(21)17-15-16-12(8-24-15)9-4-6-10(7-5-9)19-26(2,22)23/h4-8,19H,3H2,1-2H3,(H,16,17,21). The van der Waals surface area contributed by atoms with Gasteiger partial charge in [0.25, 0.3) is 5.91 Å². The molecule has 0 atom stereocenters. The number of rotatable bonds is 6. The van der Waals surface area contributed by atoms with Crippen molar-refractivity contribution in [3.05, 3.63) is 40.2 Å². The van der Waals surface area contributed by atoms with Crippen LogP contribution in [0.3, 0.4) is 0 Å².